The number of aromatic nitrogens is 3. The number of fused-ring (bicyclic) bond motifs is 1. The number of para-hydroxylation sites is 1. The third-order valence-electron chi connectivity index (χ3n) is 6.71. The zero-order chi connectivity index (χ0) is 26.5. The second-order valence-corrected chi connectivity index (χ2v) is 9.22. The van der Waals surface area contributed by atoms with Gasteiger partial charge >= 0.3 is 0 Å². The summed E-state index contributed by atoms with van der Waals surface area (Å²) >= 11 is 0. The van der Waals surface area contributed by atoms with E-state index in [1.807, 2.05) is 25.2 Å². The van der Waals surface area contributed by atoms with Gasteiger partial charge in [0.15, 0.2) is 0 Å². The number of methoxy groups -OCH3 is 1. The monoisotopic (exact) mass is 512 g/mol. The Bertz CT molecular complexity index is 1460. The van der Waals surface area contributed by atoms with Gasteiger partial charge in [-0.1, -0.05) is 24.8 Å². The highest BCUT2D eigenvalue weighted by atomic mass is 16.5. The van der Waals surface area contributed by atoms with E-state index in [1.54, 1.807) is 19.2 Å². The predicted molar refractivity (Wildman–Crippen MR) is 150 cm³/mol. The van der Waals surface area contributed by atoms with Gasteiger partial charge in [0.25, 0.3) is 0 Å². The molecule has 5 rings (SSSR count). The van der Waals surface area contributed by atoms with Crippen molar-refractivity contribution in [3.05, 3.63) is 67.6 Å². The van der Waals surface area contributed by atoms with Crippen molar-refractivity contribution in [2.75, 3.05) is 44.0 Å². The van der Waals surface area contributed by atoms with Crippen LogP contribution in [0.2, 0.25) is 0 Å². The normalized spacial score (nSPS) is 13.4. The maximum atomic E-state index is 12.2. The largest absolute Gasteiger partial charge is 0.494 e. The maximum absolute atomic E-state index is 12.2. The van der Waals surface area contributed by atoms with E-state index in [0.29, 0.717) is 35.3 Å². The van der Waals surface area contributed by atoms with Crippen LogP contribution in [0, 0.1) is 0 Å². The van der Waals surface area contributed by atoms with Crippen molar-refractivity contribution in [2.45, 2.75) is 12.8 Å². The Morgan fingerprint density at radius 1 is 1.11 bits per heavy atom. The van der Waals surface area contributed by atoms with Crippen LogP contribution in [-0.4, -0.2) is 58.7 Å². The lowest BCUT2D eigenvalue weighted by Gasteiger charge is -2.19. The topological polar surface area (TPSA) is 93.5 Å². The van der Waals surface area contributed by atoms with Gasteiger partial charge in [0.1, 0.15) is 30.3 Å². The number of ether oxygens (including phenoxy) is 2. The first-order valence-electron chi connectivity index (χ1n) is 12.7. The van der Waals surface area contributed by atoms with E-state index < -0.39 is 0 Å². The average molecular weight is 513 g/mol. The highest BCUT2D eigenvalue weighted by Crippen LogP contribution is 2.38. The molecule has 1 saturated heterocycles. The lowest BCUT2D eigenvalue weighted by molar-refractivity contribution is -0.111. The Labute approximate surface area is 222 Å². The van der Waals surface area contributed by atoms with Crippen LogP contribution in [0.5, 0.6) is 11.5 Å². The molecule has 0 saturated carbocycles. The van der Waals surface area contributed by atoms with Gasteiger partial charge in [0, 0.05) is 48.4 Å². The molecule has 0 bridgehead atoms. The zero-order valence-corrected chi connectivity index (χ0v) is 21.7. The number of rotatable bonds is 10. The molecule has 1 amide bonds. The molecule has 2 aromatic carbocycles. The minimum Gasteiger partial charge on any atom is -0.494 e. The molecule has 0 radical (unpaired) electrons. The Balaban J connectivity index is 1.43. The van der Waals surface area contributed by atoms with E-state index in [1.165, 1.54) is 25.2 Å². The predicted octanol–water partition coefficient (Wildman–Crippen LogP) is 4.99. The highest BCUT2D eigenvalue weighted by molar-refractivity contribution is 6.00. The molecule has 4 aromatic rings. The van der Waals surface area contributed by atoms with Gasteiger partial charge in [-0.3, -0.25) is 9.69 Å². The third kappa shape index (κ3) is 5.47. The van der Waals surface area contributed by atoms with Gasteiger partial charge in [-0.25, -0.2) is 9.97 Å². The van der Waals surface area contributed by atoms with Crippen molar-refractivity contribution < 1.29 is 14.3 Å². The first-order valence-corrected chi connectivity index (χ1v) is 12.7. The fraction of sp³-hybridized carbons (Fsp3) is 0.276. The summed E-state index contributed by atoms with van der Waals surface area (Å²) in [5.41, 5.74) is 4.08. The summed E-state index contributed by atoms with van der Waals surface area (Å²) in [6.07, 6.45) is 7.27. The molecule has 0 aliphatic carbocycles. The second-order valence-electron chi connectivity index (χ2n) is 9.22. The number of hydrogen-bond acceptors (Lipinski definition) is 7. The number of nitrogens with one attached hydrogen (secondary N) is 2. The number of aryl methyl sites for hydroxylation is 1. The van der Waals surface area contributed by atoms with E-state index in [2.05, 4.69) is 55.0 Å². The van der Waals surface area contributed by atoms with E-state index in [4.69, 9.17) is 9.47 Å². The van der Waals surface area contributed by atoms with E-state index in [-0.39, 0.29) is 5.91 Å². The van der Waals surface area contributed by atoms with Crippen LogP contribution in [0.25, 0.3) is 22.2 Å². The summed E-state index contributed by atoms with van der Waals surface area (Å²) in [6.45, 7) is 7.09. The molecule has 1 aliphatic rings. The van der Waals surface area contributed by atoms with E-state index >= 15 is 0 Å². The molecule has 3 heterocycles. The number of amides is 1. The molecular formula is C29H32N6O3. The number of anilines is 3. The maximum Gasteiger partial charge on any atom is 0.247 e. The summed E-state index contributed by atoms with van der Waals surface area (Å²) < 4.78 is 13.8. The third-order valence-corrected chi connectivity index (χ3v) is 6.71. The molecule has 0 atom stereocenters. The smallest absolute Gasteiger partial charge is 0.247 e. The number of benzene rings is 2. The molecule has 2 N–H and O–H groups in total. The Kier molecular flexibility index (Phi) is 7.55. The van der Waals surface area contributed by atoms with Crippen LogP contribution in [0.4, 0.5) is 17.2 Å². The van der Waals surface area contributed by atoms with Gasteiger partial charge in [0.05, 0.1) is 24.2 Å². The van der Waals surface area contributed by atoms with Crippen LogP contribution in [0.15, 0.2) is 67.6 Å². The fourth-order valence-electron chi connectivity index (χ4n) is 4.78. The van der Waals surface area contributed by atoms with Gasteiger partial charge in [-0.05, 0) is 44.1 Å². The molecular weight excluding hydrogens is 480 g/mol. The van der Waals surface area contributed by atoms with Crippen LogP contribution in [0.3, 0.4) is 0 Å². The molecule has 2 aromatic heterocycles. The molecule has 196 valence electrons. The highest BCUT2D eigenvalue weighted by Gasteiger charge is 2.17. The quantitative estimate of drug-likeness (QED) is 0.289. The second kappa shape index (κ2) is 11.4. The molecule has 1 aliphatic heterocycles. The average Bonchev–Trinajstić information content (AvgIpc) is 3.58. The van der Waals surface area contributed by atoms with E-state index in [9.17, 15) is 4.79 Å². The lowest BCUT2D eigenvalue weighted by Crippen LogP contribution is -2.25. The number of hydrogen-bond donors (Lipinski definition) is 2. The Morgan fingerprint density at radius 2 is 1.92 bits per heavy atom. The van der Waals surface area contributed by atoms with Gasteiger partial charge in [-0.15, -0.1) is 0 Å². The minimum atomic E-state index is -0.328. The van der Waals surface area contributed by atoms with Gasteiger partial charge in [0.2, 0.25) is 5.91 Å². The Morgan fingerprint density at radius 3 is 2.71 bits per heavy atom. The van der Waals surface area contributed by atoms with Crippen LogP contribution >= 0.6 is 0 Å². The van der Waals surface area contributed by atoms with Crippen molar-refractivity contribution >= 4 is 34.0 Å². The number of nitrogens with zero attached hydrogens (tertiary/aromatic N) is 4. The minimum absolute atomic E-state index is 0.328. The molecule has 1 fully saturated rings. The molecule has 9 heteroatoms. The first kappa shape index (κ1) is 25.3. The summed E-state index contributed by atoms with van der Waals surface area (Å²) in [7, 11) is 3.61. The van der Waals surface area contributed by atoms with E-state index in [0.717, 1.165) is 41.8 Å². The summed E-state index contributed by atoms with van der Waals surface area (Å²) in [6, 6.07) is 13.7. The lowest BCUT2D eigenvalue weighted by atomic mass is 10.1. The SMILES string of the molecule is C=CC(=O)Nc1cc(Nc2cc(-c3cn(C)c4ccccc34)ncn2)c(OC)cc1OCCN1CCCC1. The summed E-state index contributed by atoms with van der Waals surface area (Å²) in [4.78, 5) is 23.5. The van der Waals surface area contributed by atoms with Crippen LogP contribution in [-0.2, 0) is 11.8 Å². The van der Waals surface area contributed by atoms with Crippen molar-refractivity contribution in [3.63, 3.8) is 0 Å². The van der Waals surface area contributed by atoms with Gasteiger partial charge < -0.3 is 24.7 Å². The van der Waals surface area contributed by atoms with Crippen LogP contribution < -0.4 is 20.1 Å². The number of likely N-dealkylation sites (tertiary alicyclic amines) is 1. The first-order chi connectivity index (χ1) is 18.6. The van der Waals surface area contributed by atoms with Crippen LogP contribution in [0.1, 0.15) is 12.8 Å². The van der Waals surface area contributed by atoms with Crippen molar-refractivity contribution in [3.8, 4) is 22.8 Å². The standard InChI is InChI=1S/C29H32N6O3/c1-4-29(36)33-24-15-23(26(37-3)17-27(24)38-14-13-35-11-7-8-12-35)32-28-16-22(30-19-31-28)21-18-34(2)25-10-6-5-9-20(21)25/h4-6,9-10,15-19H,1,7-8,11-14H2,2-3H3,(H,33,36)(H,30,31,32). The summed E-state index contributed by atoms with van der Waals surface area (Å²) in [5, 5.41) is 7.29. The van der Waals surface area contributed by atoms with Crippen molar-refractivity contribution in [1.82, 2.24) is 19.4 Å². The number of carbonyl (C=O) groups is 1. The van der Waals surface area contributed by atoms with Crippen molar-refractivity contribution in [1.29, 1.82) is 0 Å². The van der Waals surface area contributed by atoms with Gasteiger partial charge in [-0.2, -0.15) is 0 Å². The zero-order valence-electron chi connectivity index (χ0n) is 21.7. The molecule has 0 unspecified atom stereocenters. The molecule has 9 nitrogen and oxygen atoms in total. The molecule has 38 heavy (non-hydrogen) atoms. The fourth-order valence-corrected chi connectivity index (χ4v) is 4.78. The molecule has 0 spiro atoms. The Hall–Kier alpha value is -4.37. The summed E-state index contributed by atoms with van der Waals surface area (Å²) in [5.74, 6) is 1.35. The van der Waals surface area contributed by atoms with Crippen molar-refractivity contribution in [2.24, 2.45) is 7.05 Å². The number of carbonyl (C=O) groups excluding carboxylic acids is 1.